The lowest BCUT2D eigenvalue weighted by Crippen LogP contribution is -2.50. The van der Waals surface area contributed by atoms with E-state index in [0.29, 0.717) is 12.1 Å². The molecule has 0 bridgehead atoms. The van der Waals surface area contributed by atoms with Gasteiger partial charge in [0.1, 0.15) is 0 Å². The first-order valence-electron chi connectivity index (χ1n) is 6.43. The molecule has 2 unspecified atom stereocenters. The smallest absolute Gasteiger partial charge is 0.0409 e. The van der Waals surface area contributed by atoms with E-state index in [2.05, 4.69) is 36.2 Å². The number of halogens is 1. The molecule has 94 valence electrons. The topological polar surface area (TPSA) is 15.3 Å². The van der Waals surface area contributed by atoms with Crippen LogP contribution in [0.25, 0.3) is 0 Å². The zero-order valence-electron chi connectivity index (χ0n) is 10.6. The molecule has 2 atom stereocenters. The Labute approximate surface area is 109 Å². The monoisotopic (exact) mass is 252 g/mol. The van der Waals surface area contributed by atoms with Crippen molar-refractivity contribution < 1.29 is 0 Å². The van der Waals surface area contributed by atoms with Gasteiger partial charge in [0.05, 0.1) is 0 Å². The summed E-state index contributed by atoms with van der Waals surface area (Å²) in [6.45, 7) is 7.84. The van der Waals surface area contributed by atoms with Gasteiger partial charge in [-0.05, 0) is 31.0 Å². The Bertz CT molecular complexity index is 367. The van der Waals surface area contributed by atoms with E-state index >= 15 is 0 Å². The van der Waals surface area contributed by atoms with Gasteiger partial charge in [-0.1, -0.05) is 30.7 Å². The number of nitrogens with one attached hydrogen (secondary N) is 1. The number of hydrogen-bond donors (Lipinski definition) is 1. The molecule has 1 aliphatic rings. The van der Waals surface area contributed by atoms with Crippen molar-refractivity contribution >= 4 is 11.6 Å². The number of benzene rings is 1. The average molecular weight is 253 g/mol. The lowest BCUT2D eigenvalue weighted by Gasteiger charge is -2.37. The highest BCUT2D eigenvalue weighted by Crippen LogP contribution is 2.24. The summed E-state index contributed by atoms with van der Waals surface area (Å²) in [6.07, 6.45) is 1.19. The van der Waals surface area contributed by atoms with Gasteiger partial charge in [-0.2, -0.15) is 0 Å². The Balaban J connectivity index is 2.06. The van der Waals surface area contributed by atoms with Crippen molar-refractivity contribution in [2.75, 3.05) is 19.6 Å². The lowest BCUT2D eigenvalue weighted by atomic mass is 10.0. The predicted octanol–water partition coefficient (Wildman–Crippen LogP) is 3.08. The molecule has 1 fully saturated rings. The Hall–Kier alpha value is -0.570. The minimum absolute atomic E-state index is 0.449. The summed E-state index contributed by atoms with van der Waals surface area (Å²) < 4.78 is 0. The van der Waals surface area contributed by atoms with Crippen LogP contribution in [-0.2, 0) is 0 Å². The number of nitrogens with zero attached hydrogens (tertiary/aromatic N) is 1. The van der Waals surface area contributed by atoms with Crippen LogP contribution >= 0.6 is 11.6 Å². The van der Waals surface area contributed by atoms with Gasteiger partial charge in [-0.15, -0.1) is 0 Å². The molecular weight excluding hydrogens is 232 g/mol. The van der Waals surface area contributed by atoms with Crippen LogP contribution in [0.3, 0.4) is 0 Å². The van der Waals surface area contributed by atoms with E-state index in [9.17, 15) is 0 Å². The van der Waals surface area contributed by atoms with Gasteiger partial charge in [0, 0.05) is 36.7 Å². The summed E-state index contributed by atoms with van der Waals surface area (Å²) in [4.78, 5) is 2.54. The van der Waals surface area contributed by atoms with Gasteiger partial charge in [0.25, 0.3) is 0 Å². The minimum Gasteiger partial charge on any atom is -0.311 e. The average Bonchev–Trinajstić information content (AvgIpc) is 2.38. The van der Waals surface area contributed by atoms with Crippen molar-refractivity contribution in [3.8, 4) is 0 Å². The second kappa shape index (κ2) is 5.85. The van der Waals surface area contributed by atoms with Crippen LogP contribution in [-0.4, -0.2) is 30.6 Å². The molecule has 1 aromatic carbocycles. The standard InChI is InChI=1S/C14H21ClN2/c1-3-14-10-17(8-7-16-14)11(2)12-5-4-6-13(15)9-12/h4-6,9,11,14,16H,3,7-8,10H2,1-2H3. The van der Waals surface area contributed by atoms with Gasteiger partial charge in [0.2, 0.25) is 0 Å². The van der Waals surface area contributed by atoms with Crippen molar-refractivity contribution in [2.45, 2.75) is 32.4 Å². The van der Waals surface area contributed by atoms with E-state index in [1.807, 2.05) is 12.1 Å². The predicted molar refractivity (Wildman–Crippen MR) is 73.5 cm³/mol. The molecule has 0 aromatic heterocycles. The van der Waals surface area contributed by atoms with Crippen LogP contribution in [0, 0.1) is 0 Å². The second-order valence-corrected chi connectivity index (χ2v) is 5.22. The van der Waals surface area contributed by atoms with E-state index in [-0.39, 0.29) is 0 Å². The summed E-state index contributed by atoms with van der Waals surface area (Å²) in [5.41, 5.74) is 1.31. The molecule has 3 heteroatoms. The first-order valence-corrected chi connectivity index (χ1v) is 6.81. The van der Waals surface area contributed by atoms with E-state index in [1.54, 1.807) is 0 Å². The molecular formula is C14H21ClN2. The maximum atomic E-state index is 6.05. The molecule has 0 radical (unpaired) electrons. The van der Waals surface area contributed by atoms with Crippen molar-refractivity contribution in [1.29, 1.82) is 0 Å². The van der Waals surface area contributed by atoms with Crippen LogP contribution in [0.1, 0.15) is 31.9 Å². The normalized spacial score (nSPS) is 23.6. The molecule has 1 N–H and O–H groups in total. The summed E-state index contributed by atoms with van der Waals surface area (Å²) in [5.74, 6) is 0. The first-order chi connectivity index (χ1) is 8.20. The molecule has 2 rings (SSSR count). The maximum absolute atomic E-state index is 6.05. The zero-order chi connectivity index (χ0) is 12.3. The molecule has 1 aromatic rings. The number of rotatable bonds is 3. The van der Waals surface area contributed by atoms with Crippen LogP contribution in [0.2, 0.25) is 5.02 Å². The third kappa shape index (κ3) is 3.21. The fourth-order valence-corrected chi connectivity index (χ4v) is 2.65. The van der Waals surface area contributed by atoms with E-state index in [1.165, 1.54) is 12.0 Å². The minimum atomic E-state index is 0.449. The molecule has 1 heterocycles. The van der Waals surface area contributed by atoms with E-state index in [4.69, 9.17) is 11.6 Å². The highest BCUT2D eigenvalue weighted by Gasteiger charge is 2.22. The van der Waals surface area contributed by atoms with Crippen molar-refractivity contribution in [2.24, 2.45) is 0 Å². The number of hydrogen-bond acceptors (Lipinski definition) is 2. The largest absolute Gasteiger partial charge is 0.311 e. The van der Waals surface area contributed by atoms with Gasteiger partial charge in [-0.3, -0.25) is 4.90 Å². The summed E-state index contributed by atoms with van der Waals surface area (Å²) in [7, 11) is 0. The quantitative estimate of drug-likeness (QED) is 0.890. The Morgan fingerprint density at radius 1 is 1.53 bits per heavy atom. The Kier molecular flexibility index (Phi) is 4.43. The highest BCUT2D eigenvalue weighted by atomic mass is 35.5. The number of piperazine rings is 1. The van der Waals surface area contributed by atoms with E-state index < -0.39 is 0 Å². The van der Waals surface area contributed by atoms with Crippen molar-refractivity contribution in [3.05, 3.63) is 34.9 Å². The van der Waals surface area contributed by atoms with E-state index in [0.717, 1.165) is 24.7 Å². The summed E-state index contributed by atoms with van der Waals surface area (Å²) in [6, 6.07) is 9.29. The van der Waals surface area contributed by atoms with Crippen LogP contribution in [0.5, 0.6) is 0 Å². The SMILES string of the molecule is CCC1CN(C(C)c2cccc(Cl)c2)CCN1. The molecule has 0 amide bonds. The fourth-order valence-electron chi connectivity index (χ4n) is 2.45. The third-order valence-electron chi connectivity index (χ3n) is 3.66. The molecule has 0 saturated carbocycles. The molecule has 0 spiro atoms. The van der Waals surface area contributed by atoms with Crippen molar-refractivity contribution in [1.82, 2.24) is 10.2 Å². The van der Waals surface area contributed by atoms with Crippen LogP contribution in [0.4, 0.5) is 0 Å². The molecule has 2 nitrogen and oxygen atoms in total. The fraction of sp³-hybridized carbons (Fsp3) is 0.571. The summed E-state index contributed by atoms with van der Waals surface area (Å²) in [5, 5.41) is 4.38. The zero-order valence-corrected chi connectivity index (χ0v) is 11.4. The molecule has 1 aliphatic heterocycles. The second-order valence-electron chi connectivity index (χ2n) is 4.79. The van der Waals surface area contributed by atoms with Gasteiger partial charge < -0.3 is 5.32 Å². The first kappa shape index (κ1) is 12.9. The van der Waals surface area contributed by atoms with Crippen molar-refractivity contribution in [3.63, 3.8) is 0 Å². The molecule has 17 heavy (non-hydrogen) atoms. The molecule has 1 saturated heterocycles. The van der Waals surface area contributed by atoms with Crippen LogP contribution in [0.15, 0.2) is 24.3 Å². The van der Waals surface area contributed by atoms with Gasteiger partial charge >= 0.3 is 0 Å². The van der Waals surface area contributed by atoms with Gasteiger partial charge in [-0.25, -0.2) is 0 Å². The maximum Gasteiger partial charge on any atom is 0.0409 e. The third-order valence-corrected chi connectivity index (χ3v) is 3.89. The Morgan fingerprint density at radius 2 is 2.35 bits per heavy atom. The Morgan fingerprint density at radius 3 is 3.06 bits per heavy atom. The highest BCUT2D eigenvalue weighted by molar-refractivity contribution is 6.30. The summed E-state index contributed by atoms with van der Waals surface area (Å²) >= 11 is 6.05. The molecule has 0 aliphatic carbocycles. The van der Waals surface area contributed by atoms with Gasteiger partial charge in [0.15, 0.2) is 0 Å². The lowest BCUT2D eigenvalue weighted by molar-refractivity contribution is 0.151. The van der Waals surface area contributed by atoms with Crippen LogP contribution < -0.4 is 5.32 Å².